The fourth-order valence-electron chi connectivity index (χ4n) is 2.31. The van der Waals surface area contributed by atoms with Crippen molar-refractivity contribution in [2.75, 3.05) is 105 Å². The van der Waals surface area contributed by atoms with Crippen LogP contribution in [0.4, 0.5) is 18.0 Å². The van der Waals surface area contributed by atoms with Crippen LogP contribution in [0.2, 0.25) is 0 Å². The minimum atomic E-state index is -5.01. The Bertz CT molecular complexity index is 626. The Morgan fingerprint density at radius 1 is 0.778 bits per heavy atom. The van der Waals surface area contributed by atoms with Gasteiger partial charge in [0.25, 0.3) is 0 Å². The van der Waals surface area contributed by atoms with Crippen LogP contribution in [0.5, 0.6) is 0 Å². The highest BCUT2D eigenvalue weighted by molar-refractivity contribution is 5.81. The van der Waals surface area contributed by atoms with Crippen molar-refractivity contribution in [2.45, 2.75) is 6.18 Å². The molecule has 0 aliphatic rings. The molecule has 0 spiro atoms. The van der Waals surface area contributed by atoms with E-state index >= 15 is 0 Å². The van der Waals surface area contributed by atoms with Gasteiger partial charge in [0.1, 0.15) is 0 Å². The molecular formula is C19H34F3N5O9. The molecule has 0 aromatic rings. The van der Waals surface area contributed by atoms with Gasteiger partial charge in [0.15, 0.2) is 0 Å². The fraction of sp³-hybridized carbons (Fsp3) is 0.895. The molecule has 210 valence electrons. The summed E-state index contributed by atoms with van der Waals surface area (Å²) in [6, 6.07) is 0. The molecule has 36 heavy (non-hydrogen) atoms. The molecule has 0 aromatic heterocycles. The third kappa shape index (κ3) is 22.1. The van der Waals surface area contributed by atoms with E-state index in [4.69, 9.17) is 39.1 Å². The third-order valence-corrected chi connectivity index (χ3v) is 3.95. The standard InChI is InChI=1S/C19H34F3N5O9/c20-19(21,22)17(28)27(4-8-34-12-16-36-14-10-32-6-2-25-26-23)3-7-33-11-15-35-13-9-31-5-1-24-18(29)30/h24H,1-16H2,(H,29,30). The molecule has 0 atom stereocenters. The van der Waals surface area contributed by atoms with Crippen LogP contribution >= 0.6 is 0 Å². The van der Waals surface area contributed by atoms with Crippen molar-refractivity contribution in [3.05, 3.63) is 10.4 Å². The van der Waals surface area contributed by atoms with E-state index < -0.39 is 18.2 Å². The first-order valence-corrected chi connectivity index (χ1v) is 11.1. The van der Waals surface area contributed by atoms with Crippen molar-refractivity contribution >= 4 is 12.0 Å². The third-order valence-electron chi connectivity index (χ3n) is 3.95. The summed E-state index contributed by atoms with van der Waals surface area (Å²) in [7, 11) is 0. The van der Waals surface area contributed by atoms with Crippen molar-refractivity contribution in [1.82, 2.24) is 10.2 Å². The van der Waals surface area contributed by atoms with Crippen LogP contribution in [0.3, 0.4) is 0 Å². The number of rotatable bonds is 24. The predicted octanol–water partition coefficient (Wildman–Crippen LogP) is 1.05. The highest BCUT2D eigenvalue weighted by Gasteiger charge is 2.42. The first-order chi connectivity index (χ1) is 17.3. The highest BCUT2D eigenvalue weighted by Crippen LogP contribution is 2.18. The average Bonchev–Trinajstić information content (AvgIpc) is 2.82. The molecule has 0 radical (unpaired) electrons. The number of alkyl halides is 3. The molecule has 2 N–H and O–H groups in total. The number of amides is 2. The molecule has 0 fully saturated rings. The predicted molar refractivity (Wildman–Crippen MR) is 118 cm³/mol. The summed E-state index contributed by atoms with van der Waals surface area (Å²) < 4.78 is 69.6. The van der Waals surface area contributed by atoms with Gasteiger partial charge in [-0.3, -0.25) is 4.79 Å². The van der Waals surface area contributed by atoms with Gasteiger partial charge in [-0.25, -0.2) is 4.79 Å². The van der Waals surface area contributed by atoms with Gasteiger partial charge in [0.05, 0.1) is 79.3 Å². The number of hydrogen-bond donors (Lipinski definition) is 2. The molecule has 0 bridgehead atoms. The van der Waals surface area contributed by atoms with Crippen LogP contribution in [-0.2, 0) is 33.2 Å². The summed E-state index contributed by atoms with van der Waals surface area (Å²) in [5, 5.41) is 13.8. The Balaban J connectivity index is 3.84. The fourth-order valence-corrected chi connectivity index (χ4v) is 2.31. The molecule has 0 saturated heterocycles. The molecule has 0 rings (SSSR count). The Morgan fingerprint density at radius 2 is 1.19 bits per heavy atom. The van der Waals surface area contributed by atoms with Crippen molar-refractivity contribution in [3.8, 4) is 0 Å². The van der Waals surface area contributed by atoms with E-state index in [1.54, 1.807) is 0 Å². The van der Waals surface area contributed by atoms with E-state index in [9.17, 15) is 22.8 Å². The second kappa shape index (κ2) is 23.0. The Morgan fingerprint density at radius 3 is 1.61 bits per heavy atom. The molecule has 14 nitrogen and oxygen atoms in total. The van der Waals surface area contributed by atoms with Gasteiger partial charge in [-0.1, -0.05) is 5.11 Å². The van der Waals surface area contributed by atoms with Gasteiger partial charge in [-0.15, -0.1) is 0 Å². The molecule has 0 aliphatic heterocycles. The second-order valence-corrected chi connectivity index (χ2v) is 6.65. The number of ether oxygens (including phenoxy) is 6. The first-order valence-electron chi connectivity index (χ1n) is 11.1. The lowest BCUT2D eigenvalue weighted by molar-refractivity contribution is -0.186. The Kier molecular flexibility index (Phi) is 21.5. The topological polar surface area (TPSA) is 174 Å². The normalized spacial score (nSPS) is 11.2. The molecule has 0 aliphatic carbocycles. The largest absolute Gasteiger partial charge is 0.471 e. The molecule has 17 heteroatoms. The van der Waals surface area contributed by atoms with Crippen molar-refractivity contribution in [2.24, 2.45) is 5.11 Å². The van der Waals surface area contributed by atoms with Gasteiger partial charge in [-0.05, 0) is 5.53 Å². The van der Waals surface area contributed by atoms with Gasteiger partial charge in [-0.2, -0.15) is 13.2 Å². The van der Waals surface area contributed by atoms with E-state index in [1.165, 1.54) is 0 Å². The van der Waals surface area contributed by atoms with Crippen LogP contribution in [0.15, 0.2) is 5.11 Å². The zero-order valence-corrected chi connectivity index (χ0v) is 19.9. The summed E-state index contributed by atoms with van der Waals surface area (Å²) in [6.07, 6.45) is -6.15. The summed E-state index contributed by atoms with van der Waals surface area (Å²) in [5.74, 6) is -1.98. The highest BCUT2D eigenvalue weighted by atomic mass is 19.4. The number of carbonyl (C=O) groups is 2. The summed E-state index contributed by atoms with van der Waals surface area (Å²) >= 11 is 0. The number of halogens is 3. The minimum absolute atomic E-state index is 0.109. The first kappa shape index (κ1) is 33.6. The van der Waals surface area contributed by atoms with Crippen LogP contribution in [-0.4, -0.2) is 134 Å². The lowest BCUT2D eigenvalue weighted by Crippen LogP contribution is -2.44. The van der Waals surface area contributed by atoms with Crippen molar-refractivity contribution in [3.63, 3.8) is 0 Å². The van der Waals surface area contributed by atoms with E-state index in [0.717, 1.165) is 0 Å². The smallest absolute Gasteiger partial charge is 0.465 e. The summed E-state index contributed by atoms with van der Waals surface area (Å²) in [5.41, 5.74) is 8.10. The number of nitrogens with one attached hydrogen (secondary N) is 1. The SMILES string of the molecule is [N-]=[N+]=NCCOCCOCCOCCN(CCOCCOCCOCCNC(=O)O)C(=O)C(F)(F)F. The monoisotopic (exact) mass is 533 g/mol. The number of carboxylic acid groups (broad SMARTS) is 1. The van der Waals surface area contributed by atoms with E-state index in [-0.39, 0.29) is 98.9 Å². The molecule has 0 saturated carbocycles. The molecule has 0 aromatic carbocycles. The zero-order chi connectivity index (χ0) is 26.9. The lowest BCUT2D eigenvalue weighted by atomic mass is 10.4. The summed E-state index contributed by atoms with van der Waals surface area (Å²) in [6.45, 7) is 1.72. The quantitative estimate of drug-likeness (QED) is 0.0795. The second-order valence-electron chi connectivity index (χ2n) is 6.65. The maximum atomic E-state index is 12.8. The van der Waals surface area contributed by atoms with E-state index in [1.807, 2.05) is 0 Å². The van der Waals surface area contributed by atoms with E-state index in [0.29, 0.717) is 11.5 Å². The maximum Gasteiger partial charge on any atom is 0.471 e. The van der Waals surface area contributed by atoms with Crippen LogP contribution in [0, 0.1) is 0 Å². The molecular weight excluding hydrogens is 499 g/mol. The van der Waals surface area contributed by atoms with Gasteiger partial charge in [0, 0.05) is 31.1 Å². The number of nitrogens with zero attached hydrogens (tertiary/aromatic N) is 4. The number of azide groups is 1. The average molecular weight is 534 g/mol. The van der Waals surface area contributed by atoms with Gasteiger partial charge >= 0.3 is 18.2 Å². The van der Waals surface area contributed by atoms with Crippen molar-refractivity contribution in [1.29, 1.82) is 0 Å². The van der Waals surface area contributed by atoms with Crippen molar-refractivity contribution < 1.29 is 56.3 Å². The van der Waals surface area contributed by atoms with Gasteiger partial charge < -0.3 is 43.7 Å². The summed E-state index contributed by atoms with van der Waals surface area (Å²) in [4.78, 5) is 25.0. The lowest BCUT2D eigenvalue weighted by Gasteiger charge is -2.23. The van der Waals surface area contributed by atoms with E-state index in [2.05, 4.69) is 15.3 Å². The molecule has 2 amide bonds. The van der Waals surface area contributed by atoms with Crippen LogP contribution in [0.1, 0.15) is 0 Å². The Hall–Kier alpha value is -2.40. The van der Waals surface area contributed by atoms with Gasteiger partial charge in [0.2, 0.25) is 0 Å². The van der Waals surface area contributed by atoms with Crippen LogP contribution in [0.25, 0.3) is 10.4 Å². The number of carbonyl (C=O) groups excluding carboxylic acids is 1. The number of hydrogen-bond acceptors (Lipinski definition) is 9. The molecule has 0 unspecified atom stereocenters. The minimum Gasteiger partial charge on any atom is -0.465 e. The Labute approximate surface area is 206 Å². The zero-order valence-electron chi connectivity index (χ0n) is 19.9. The molecule has 0 heterocycles. The van der Waals surface area contributed by atoms with Crippen LogP contribution < -0.4 is 5.32 Å². The maximum absolute atomic E-state index is 12.8.